The minimum absolute atomic E-state index is 0.0327. The first-order valence-corrected chi connectivity index (χ1v) is 9.55. The van der Waals surface area contributed by atoms with E-state index < -0.39 is 11.3 Å². The van der Waals surface area contributed by atoms with Crippen molar-refractivity contribution < 1.29 is 23.9 Å². The van der Waals surface area contributed by atoms with Crippen LogP contribution in [0.3, 0.4) is 0 Å². The quantitative estimate of drug-likeness (QED) is 0.748. The molecule has 2 aliphatic heterocycles. The van der Waals surface area contributed by atoms with E-state index in [9.17, 15) is 14.4 Å². The molecule has 1 aromatic carbocycles. The predicted octanol–water partition coefficient (Wildman–Crippen LogP) is 1.50. The third-order valence-corrected chi connectivity index (χ3v) is 4.82. The monoisotopic (exact) mass is 389 g/mol. The van der Waals surface area contributed by atoms with Crippen LogP contribution in [-0.2, 0) is 9.59 Å². The number of nitrogens with zero attached hydrogens (tertiary/aromatic N) is 1. The molecule has 2 heterocycles. The molecule has 0 spiro atoms. The molecular formula is C20H27N3O5. The van der Waals surface area contributed by atoms with Gasteiger partial charge < -0.3 is 14.4 Å². The van der Waals surface area contributed by atoms with Crippen molar-refractivity contribution >= 4 is 17.7 Å². The number of hydrazine groups is 1. The molecule has 8 nitrogen and oxygen atoms in total. The summed E-state index contributed by atoms with van der Waals surface area (Å²) in [5.41, 5.74) is 4.80. The third-order valence-electron chi connectivity index (χ3n) is 4.82. The van der Waals surface area contributed by atoms with E-state index in [2.05, 4.69) is 10.9 Å². The molecule has 1 saturated heterocycles. The summed E-state index contributed by atoms with van der Waals surface area (Å²) < 4.78 is 10.9. The highest BCUT2D eigenvalue weighted by Crippen LogP contribution is 2.30. The van der Waals surface area contributed by atoms with Crippen molar-refractivity contribution in [3.8, 4) is 11.5 Å². The number of nitrogens with one attached hydrogen (secondary N) is 2. The third kappa shape index (κ3) is 4.55. The average Bonchev–Trinajstić information content (AvgIpc) is 2.70. The summed E-state index contributed by atoms with van der Waals surface area (Å²) in [6.07, 6.45) is 1.44. The number of piperidine rings is 1. The van der Waals surface area contributed by atoms with E-state index >= 15 is 0 Å². The molecule has 8 heteroatoms. The Kier molecular flexibility index (Phi) is 5.76. The van der Waals surface area contributed by atoms with E-state index in [0.29, 0.717) is 49.8 Å². The van der Waals surface area contributed by atoms with Crippen molar-refractivity contribution in [3.05, 3.63) is 23.8 Å². The number of amides is 3. The molecule has 28 heavy (non-hydrogen) atoms. The summed E-state index contributed by atoms with van der Waals surface area (Å²) in [5, 5.41) is 0. The highest BCUT2D eigenvalue weighted by molar-refractivity contribution is 5.96. The van der Waals surface area contributed by atoms with E-state index in [0.717, 1.165) is 6.42 Å². The number of ether oxygens (including phenoxy) is 2. The Morgan fingerprint density at radius 3 is 2.50 bits per heavy atom. The summed E-state index contributed by atoms with van der Waals surface area (Å²) in [5.74, 6) is 0.0541. The molecule has 0 aliphatic carbocycles. The molecule has 1 atom stereocenters. The lowest BCUT2D eigenvalue weighted by molar-refractivity contribution is -0.143. The second-order valence-corrected chi connectivity index (χ2v) is 8.14. The van der Waals surface area contributed by atoms with Gasteiger partial charge in [-0.1, -0.05) is 20.8 Å². The lowest BCUT2D eigenvalue weighted by Crippen LogP contribution is -2.51. The molecule has 0 radical (unpaired) electrons. The second-order valence-electron chi connectivity index (χ2n) is 8.14. The first kappa shape index (κ1) is 20.0. The molecule has 1 fully saturated rings. The Morgan fingerprint density at radius 2 is 1.79 bits per heavy atom. The normalized spacial score (nSPS) is 19.0. The minimum Gasteiger partial charge on any atom is -0.486 e. The van der Waals surface area contributed by atoms with Crippen LogP contribution in [0.2, 0.25) is 0 Å². The van der Waals surface area contributed by atoms with Gasteiger partial charge in [-0.25, -0.2) is 0 Å². The molecule has 2 N–H and O–H groups in total. The fraction of sp³-hybridized carbons (Fsp3) is 0.550. The van der Waals surface area contributed by atoms with Gasteiger partial charge in [0.25, 0.3) is 5.91 Å². The van der Waals surface area contributed by atoms with Crippen molar-refractivity contribution in [2.45, 2.75) is 33.6 Å². The van der Waals surface area contributed by atoms with Gasteiger partial charge in [-0.15, -0.1) is 0 Å². The predicted molar refractivity (Wildman–Crippen MR) is 102 cm³/mol. The molecule has 2 aliphatic rings. The van der Waals surface area contributed by atoms with Crippen LogP contribution in [-0.4, -0.2) is 48.9 Å². The highest BCUT2D eigenvalue weighted by Gasteiger charge is 2.33. The van der Waals surface area contributed by atoms with Crippen molar-refractivity contribution in [2.24, 2.45) is 11.3 Å². The molecule has 3 amide bonds. The van der Waals surface area contributed by atoms with E-state index in [1.54, 1.807) is 23.1 Å². The van der Waals surface area contributed by atoms with Crippen LogP contribution in [0.5, 0.6) is 11.5 Å². The Labute approximate surface area is 164 Å². The molecule has 1 unspecified atom stereocenters. The lowest BCUT2D eigenvalue weighted by Gasteiger charge is -2.35. The van der Waals surface area contributed by atoms with Crippen molar-refractivity contribution in [2.75, 3.05) is 26.3 Å². The zero-order valence-corrected chi connectivity index (χ0v) is 16.5. The number of rotatable bonds is 2. The van der Waals surface area contributed by atoms with Gasteiger partial charge in [0.05, 0.1) is 5.92 Å². The zero-order chi connectivity index (χ0) is 20.3. The Morgan fingerprint density at radius 1 is 1.07 bits per heavy atom. The Balaban J connectivity index is 1.55. The maximum atomic E-state index is 12.5. The van der Waals surface area contributed by atoms with Crippen LogP contribution in [0.1, 0.15) is 44.0 Å². The van der Waals surface area contributed by atoms with Crippen LogP contribution in [0.15, 0.2) is 18.2 Å². The number of hydrogen-bond donors (Lipinski definition) is 2. The standard InChI is InChI=1S/C20H27N3O5/c1-20(2,3)19(26)23-8-4-5-14(12-23)18(25)22-21-17(24)13-6-7-15-16(11-13)28-10-9-27-15/h6-7,11,14H,4-5,8-10,12H2,1-3H3,(H,21,24)(H,22,25). The second kappa shape index (κ2) is 8.08. The summed E-state index contributed by atoms with van der Waals surface area (Å²) in [6.45, 7) is 7.53. The fourth-order valence-electron chi connectivity index (χ4n) is 3.33. The number of carbonyl (C=O) groups excluding carboxylic acids is 3. The van der Waals surface area contributed by atoms with Crippen LogP contribution in [0, 0.1) is 11.3 Å². The number of hydrogen-bond acceptors (Lipinski definition) is 5. The van der Waals surface area contributed by atoms with E-state index in [1.165, 1.54) is 0 Å². The summed E-state index contributed by atoms with van der Waals surface area (Å²) in [4.78, 5) is 39.0. The molecular weight excluding hydrogens is 362 g/mol. The van der Waals surface area contributed by atoms with E-state index in [1.807, 2.05) is 20.8 Å². The Bertz CT molecular complexity index is 772. The first-order chi connectivity index (χ1) is 13.3. The molecule has 0 bridgehead atoms. The van der Waals surface area contributed by atoms with Gasteiger partial charge in [0.15, 0.2) is 11.5 Å². The van der Waals surface area contributed by atoms with Crippen LogP contribution < -0.4 is 20.3 Å². The summed E-state index contributed by atoms with van der Waals surface area (Å²) in [7, 11) is 0. The van der Waals surface area contributed by atoms with Gasteiger partial charge >= 0.3 is 0 Å². The largest absolute Gasteiger partial charge is 0.486 e. The molecule has 1 aromatic rings. The van der Waals surface area contributed by atoms with Gasteiger partial charge in [0.2, 0.25) is 11.8 Å². The molecule has 152 valence electrons. The molecule has 0 saturated carbocycles. The molecule has 0 aromatic heterocycles. The number of carbonyl (C=O) groups is 3. The number of likely N-dealkylation sites (tertiary alicyclic amines) is 1. The van der Waals surface area contributed by atoms with Crippen LogP contribution in [0.25, 0.3) is 0 Å². The van der Waals surface area contributed by atoms with Crippen LogP contribution in [0.4, 0.5) is 0 Å². The first-order valence-electron chi connectivity index (χ1n) is 9.55. The topological polar surface area (TPSA) is 97.0 Å². The van der Waals surface area contributed by atoms with Crippen molar-refractivity contribution in [1.29, 1.82) is 0 Å². The maximum Gasteiger partial charge on any atom is 0.269 e. The fourth-order valence-corrected chi connectivity index (χ4v) is 3.33. The highest BCUT2D eigenvalue weighted by atomic mass is 16.6. The van der Waals surface area contributed by atoms with Gasteiger partial charge in [0.1, 0.15) is 13.2 Å². The number of benzene rings is 1. The number of fused-ring (bicyclic) bond motifs is 1. The lowest BCUT2D eigenvalue weighted by atomic mass is 9.91. The van der Waals surface area contributed by atoms with E-state index in [4.69, 9.17) is 9.47 Å². The van der Waals surface area contributed by atoms with Crippen LogP contribution >= 0.6 is 0 Å². The van der Waals surface area contributed by atoms with Gasteiger partial charge in [-0.3, -0.25) is 25.2 Å². The smallest absolute Gasteiger partial charge is 0.269 e. The minimum atomic E-state index is -0.481. The molecule has 3 rings (SSSR count). The van der Waals surface area contributed by atoms with Gasteiger partial charge in [0, 0.05) is 24.1 Å². The van der Waals surface area contributed by atoms with Gasteiger partial charge in [-0.2, -0.15) is 0 Å². The van der Waals surface area contributed by atoms with Gasteiger partial charge in [-0.05, 0) is 31.0 Å². The van der Waals surface area contributed by atoms with Crippen molar-refractivity contribution in [1.82, 2.24) is 15.8 Å². The van der Waals surface area contributed by atoms with Crippen molar-refractivity contribution in [3.63, 3.8) is 0 Å². The zero-order valence-electron chi connectivity index (χ0n) is 16.5. The Hall–Kier alpha value is -2.77. The average molecular weight is 389 g/mol. The summed E-state index contributed by atoms with van der Waals surface area (Å²) in [6, 6.07) is 4.86. The maximum absolute atomic E-state index is 12.5. The van der Waals surface area contributed by atoms with E-state index in [-0.39, 0.29) is 17.7 Å². The SMILES string of the molecule is CC(C)(C)C(=O)N1CCCC(C(=O)NNC(=O)c2ccc3c(c2)OCCO3)C1. The summed E-state index contributed by atoms with van der Waals surface area (Å²) >= 11 is 0.